The molecule has 0 spiro atoms. The van der Waals surface area contributed by atoms with Crippen molar-refractivity contribution in [3.05, 3.63) is 12.7 Å². The van der Waals surface area contributed by atoms with Gasteiger partial charge < -0.3 is 27.5 Å². The summed E-state index contributed by atoms with van der Waals surface area (Å²) in [6, 6.07) is 0.602. The zero-order valence-electron chi connectivity index (χ0n) is 16.4. The van der Waals surface area contributed by atoms with Gasteiger partial charge in [-0.25, -0.2) is 0 Å². The molecule has 0 N–H and O–H groups in total. The molecule has 0 heterocycles. The molecule has 0 amide bonds. The zero-order chi connectivity index (χ0) is 18.6. The predicted octanol–water partition coefficient (Wildman–Crippen LogP) is 3.44. The van der Waals surface area contributed by atoms with E-state index in [2.05, 4.69) is 6.58 Å². The van der Waals surface area contributed by atoms with Gasteiger partial charge in [-0.3, -0.25) is 0 Å². The Morgan fingerprint density at radius 3 is 1.28 bits per heavy atom. The maximum Gasteiger partial charge on any atom is 0.504 e. The molecule has 25 heavy (non-hydrogen) atoms. The summed E-state index contributed by atoms with van der Waals surface area (Å²) in [5.41, 5.74) is 0. The summed E-state index contributed by atoms with van der Waals surface area (Å²) in [7, 11) is -2.76. The van der Waals surface area contributed by atoms with E-state index in [-0.39, 0.29) is 0 Å². The molecule has 0 radical (unpaired) electrons. The number of ether oxygens (including phenoxy) is 3. The van der Waals surface area contributed by atoms with Crippen molar-refractivity contribution < 1.29 is 27.5 Å². The summed E-state index contributed by atoms with van der Waals surface area (Å²) in [4.78, 5) is 0. The molecule has 0 aromatic rings. The topological polar surface area (TPSA) is 55.4 Å². The smallest absolute Gasteiger partial charge is 0.382 e. The Morgan fingerprint density at radius 1 is 0.640 bits per heavy atom. The molecule has 0 aromatic heterocycles. The van der Waals surface area contributed by atoms with Gasteiger partial charge in [-0.15, -0.1) is 6.58 Å². The standard InChI is InChI=1S/C18H38O6Si/c1-5-18-25(22-15-9-12-19-6-2,23-16-10-13-20-7-3)24-17-11-14-21-8-4/h5H,1,6-18H2,2-4H3. The second-order valence-electron chi connectivity index (χ2n) is 5.37. The van der Waals surface area contributed by atoms with Crippen LogP contribution in [0.25, 0.3) is 0 Å². The van der Waals surface area contributed by atoms with Crippen LogP contribution in [-0.4, -0.2) is 68.3 Å². The minimum Gasteiger partial charge on any atom is -0.382 e. The Bertz CT molecular complexity index is 255. The van der Waals surface area contributed by atoms with Gasteiger partial charge in [-0.05, 0) is 40.0 Å². The molecule has 0 saturated heterocycles. The van der Waals surface area contributed by atoms with Gasteiger partial charge in [0.05, 0.1) is 0 Å². The van der Waals surface area contributed by atoms with Gasteiger partial charge in [0.1, 0.15) is 0 Å². The van der Waals surface area contributed by atoms with Crippen LogP contribution in [0.3, 0.4) is 0 Å². The lowest BCUT2D eigenvalue weighted by molar-refractivity contribution is 0.0377. The van der Waals surface area contributed by atoms with Crippen LogP contribution in [-0.2, 0) is 27.5 Å². The molecule has 0 aliphatic heterocycles. The quantitative estimate of drug-likeness (QED) is 0.184. The van der Waals surface area contributed by atoms with Crippen molar-refractivity contribution in [2.24, 2.45) is 0 Å². The highest BCUT2D eigenvalue weighted by Gasteiger charge is 2.39. The highest BCUT2D eigenvalue weighted by molar-refractivity contribution is 6.61. The van der Waals surface area contributed by atoms with Crippen LogP contribution in [0.4, 0.5) is 0 Å². The summed E-state index contributed by atoms with van der Waals surface area (Å²) in [5, 5.41) is 0. The molecule has 6 nitrogen and oxygen atoms in total. The fraction of sp³-hybridized carbons (Fsp3) is 0.889. The highest BCUT2D eigenvalue weighted by Crippen LogP contribution is 2.18. The van der Waals surface area contributed by atoms with Crippen molar-refractivity contribution in [2.45, 2.75) is 46.1 Å². The summed E-state index contributed by atoms with van der Waals surface area (Å²) < 4.78 is 34.4. The fourth-order valence-corrected chi connectivity index (χ4v) is 4.40. The molecular formula is C18H38O6Si. The van der Waals surface area contributed by atoms with Crippen LogP contribution in [0.5, 0.6) is 0 Å². The Balaban J connectivity index is 4.42. The lowest BCUT2D eigenvalue weighted by Crippen LogP contribution is -2.46. The van der Waals surface area contributed by atoms with E-state index in [0.717, 1.165) is 39.1 Å². The average Bonchev–Trinajstić information content (AvgIpc) is 2.61. The molecule has 7 heteroatoms. The van der Waals surface area contributed by atoms with Gasteiger partial charge in [0.2, 0.25) is 0 Å². The predicted molar refractivity (Wildman–Crippen MR) is 102 cm³/mol. The number of hydrogen-bond donors (Lipinski definition) is 0. The molecule has 150 valence electrons. The molecular weight excluding hydrogens is 340 g/mol. The minimum atomic E-state index is -2.76. The molecule has 0 aliphatic carbocycles. The molecule has 0 unspecified atom stereocenters. The molecule has 0 fully saturated rings. The molecule has 0 atom stereocenters. The van der Waals surface area contributed by atoms with Gasteiger partial charge in [0, 0.05) is 65.5 Å². The Hall–Kier alpha value is -0.283. The molecule has 0 bridgehead atoms. The summed E-state index contributed by atoms with van der Waals surface area (Å²) in [6.45, 7) is 15.7. The normalized spacial score (nSPS) is 11.8. The van der Waals surface area contributed by atoms with Crippen molar-refractivity contribution in [3.8, 4) is 0 Å². The average molecular weight is 379 g/mol. The molecule has 0 saturated carbocycles. The summed E-state index contributed by atoms with van der Waals surface area (Å²) in [6.07, 6.45) is 4.29. The third-order valence-electron chi connectivity index (χ3n) is 3.27. The fourth-order valence-electron chi connectivity index (χ4n) is 2.08. The van der Waals surface area contributed by atoms with Crippen molar-refractivity contribution in [1.82, 2.24) is 0 Å². The van der Waals surface area contributed by atoms with Gasteiger partial charge >= 0.3 is 8.80 Å². The Kier molecular flexibility index (Phi) is 18.3. The zero-order valence-corrected chi connectivity index (χ0v) is 17.4. The maximum absolute atomic E-state index is 6.09. The van der Waals surface area contributed by atoms with E-state index in [9.17, 15) is 0 Å². The van der Waals surface area contributed by atoms with Crippen LogP contribution < -0.4 is 0 Å². The third kappa shape index (κ3) is 14.6. The van der Waals surface area contributed by atoms with E-state index in [1.54, 1.807) is 0 Å². The molecule has 0 rings (SSSR count). The van der Waals surface area contributed by atoms with Gasteiger partial charge in [-0.1, -0.05) is 6.08 Å². The first-order chi connectivity index (χ1) is 12.2. The van der Waals surface area contributed by atoms with Crippen LogP contribution in [0.15, 0.2) is 12.7 Å². The third-order valence-corrected chi connectivity index (χ3v) is 5.99. The van der Waals surface area contributed by atoms with E-state index >= 15 is 0 Å². The van der Waals surface area contributed by atoms with Crippen LogP contribution in [0.2, 0.25) is 6.04 Å². The highest BCUT2D eigenvalue weighted by atomic mass is 28.4. The largest absolute Gasteiger partial charge is 0.504 e. The number of allylic oxidation sites excluding steroid dienone is 1. The second kappa shape index (κ2) is 18.5. The SMILES string of the molecule is C=CC[Si](OCCCOCC)(OCCCOCC)OCCCOCC. The maximum atomic E-state index is 6.09. The van der Waals surface area contributed by atoms with Gasteiger partial charge in [-0.2, -0.15) is 0 Å². The van der Waals surface area contributed by atoms with Gasteiger partial charge in [0.15, 0.2) is 0 Å². The summed E-state index contributed by atoms with van der Waals surface area (Å²) in [5.74, 6) is 0. The first kappa shape index (κ1) is 24.7. The second-order valence-corrected chi connectivity index (χ2v) is 8.01. The van der Waals surface area contributed by atoms with Crippen molar-refractivity contribution in [3.63, 3.8) is 0 Å². The Morgan fingerprint density at radius 2 is 1.00 bits per heavy atom. The van der Waals surface area contributed by atoms with E-state index in [4.69, 9.17) is 27.5 Å². The van der Waals surface area contributed by atoms with E-state index in [1.165, 1.54) is 0 Å². The van der Waals surface area contributed by atoms with Crippen LogP contribution >= 0.6 is 0 Å². The first-order valence-electron chi connectivity index (χ1n) is 9.50. The van der Waals surface area contributed by atoms with Crippen molar-refractivity contribution >= 4 is 8.80 Å². The monoisotopic (exact) mass is 378 g/mol. The summed E-state index contributed by atoms with van der Waals surface area (Å²) >= 11 is 0. The lowest BCUT2D eigenvalue weighted by atomic mass is 10.5. The molecule has 0 aliphatic rings. The van der Waals surface area contributed by atoms with Crippen molar-refractivity contribution in [2.75, 3.05) is 59.5 Å². The van der Waals surface area contributed by atoms with Gasteiger partial charge in [0.25, 0.3) is 0 Å². The Labute approximate surface area is 155 Å². The minimum absolute atomic E-state index is 0.566. The van der Waals surface area contributed by atoms with E-state index in [1.807, 2.05) is 26.8 Å². The van der Waals surface area contributed by atoms with E-state index in [0.29, 0.717) is 45.7 Å². The van der Waals surface area contributed by atoms with Crippen LogP contribution in [0, 0.1) is 0 Å². The first-order valence-corrected chi connectivity index (χ1v) is 11.4. The molecule has 0 aromatic carbocycles. The lowest BCUT2D eigenvalue weighted by Gasteiger charge is -2.29. The van der Waals surface area contributed by atoms with Crippen molar-refractivity contribution in [1.29, 1.82) is 0 Å². The number of rotatable bonds is 20. The number of hydrogen-bond acceptors (Lipinski definition) is 6. The van der Waals surface area contributed by atoms with Crippen LogP contribution in [0.1, 0.15) is 40.0 Å². The van der Waals surface area contributed by atoms with E-state index < -0.39 is 8.80 Å².